The molecule has 0 unspecified atom stereocenters. The minimum absolute atomic E-state index is 0.0135. The molecule has 138 valence electrons. The number of halogens is 3. The highest BCUT2D eigenvalue weighted by atomic mass is 19.4. The molecule has 3 aromatic rings. The first-order chi connectivity index (χ1) is 12.1. The van der Waals surface area contributed by atoms with Crippen molar-refractivity contribution in [3.05, 3.63) is 68.3 Å². The number of alkyl halides is 3. The SMILES string of the molecule is Cc1ccc(Cc2c(C)nc3c(C(C)C)c(C(F)(F)F)[nH]n3c2=O)cc1. The zero-order valence-electron chi connectivity index (χ0n) is 15.0. The third-order valence-electron chi connectivity index (χ3n) is 4.48. The Morgan fingerprint density at radius 3 is 2.31 bits per heavy atom. The van der Waals surface area contributed by atoms with E-state index in [0.717, 1.165) is 15.6 Å². The molecule has 26 heavy (non-hydrogen) atoms. The molecular weight excluding hydrogens is 343 g/mol. The molecule has 2 heterocycles. The highest BCUT2D eigenvalue weighted by molar-refractivity contribution is 5.54. The third kappa shape index (κ3) is 3.13. The highest BCUT2D eigenvalue weighted by Crippen LogP contribution is 2.35. The summed E-state index contributed by atoms with van der Waals surface area (Å²) in [6.45, 7) is 6.93. The normalized spacial score (nSPS) is 12.3. The summed E-state index contributed by atoms with van der Waals surface area (Å²) in [6, 6.07) is 7.67. The number of nitrogens with zero attached hydrogens (tertiary/aromatic N) is 2. The van der Waals surface area contributed by atoms with Crippen LogP contribution in [0.4, 0.5) is 13.2 Å². The lowest BCUT2D eigenvalue weighted by atomic mass is 10.0. The first-order valence-electron chi connectivity index (χ1n) is 8.36. The second-order valence-electron chi connectivity index (χ2n) is 6.86. The van der Waals surface area contributed by atoms with Crippen molar-refractivity contribution in [3.63, 3.8) is 0 Å². The maximum atomic E-state index is 13.4. The van der Waals surface area contributed by atoms with Crippen molar-refractivity contribution in [2.75, 3.05) is 0 Å². The Balaban J connectivity index is 2.22. The van der Waals surface area contributed by atoms with E-state index >= 15 is 0 Å². The highest BCUT2D eigenvalue weighted by Gasteiger charge is 2.38. The smallest absolute Gasteiger partial charge is 0.285 e. The van der Waals surface area contributed by atoms with Crippen LogP contribution >= 0.6 is 0 Å². The van der Waals surface area contributed by atoms with Gasteiger partial charge in [-0.05, 0) is 25.3 Å². The van der Waals surface area contributed by atoms with Crippen LogP contribution in [-0.4, -0.2) is 14.6 Å². The van der Waals surface area contributed by atoms with Gasteiger partial charge in [0, 0.05) is 23.2 Å². The number of H-pyrrole nitrogens is 1. The molecule has 0 saturated carbocycles. The van der Waals surface area contributed by atoms with Crippen LogP contribution in [0.15, 0.2) is 29.1 Å². The van der Waals surface area contributed by atoms with Crippen molar-refractivity contribution in [3.8, 4) is 0 Å². The largest absolute Gasteiger partial charge is 0.433 e. The van der Waals surface area contributed by atoms with Crippen LogP contribution in [0.1, 0.15) is 53.4 Å². The predicted octanol–water partition coefficient (Wildman–Crippen LogP) is 4.37. The van der Waals surface area contributed by atoms with Crippen LogP contribution < -0.4 is 5.56 Å². The van der Waals surface area contributed by atoms with Crippen molar-refractivity contribution in [2.45, 2.75) is 46.2 Å². The number of rotatable bonds is 3. The molecular formula is C19H20F3N3O. The van der Waals surface area contributed by atoms with Gasteiger partial charge in [-0.15, -0.1) is 0 Å². The second-order valence-corrected chi connectivity index (χ2v) is 6.86. The number of aromatic nitrogens is 3. The van der Waals surface area contributed by atoms with Crippen molar-refractivity contribution < 1.29 is 13.2 Å². The lowest BCUT2D eigenvalue weighted by Gasteiger charge is -2.09. The molecule has 0 aliphatic heterocycles. The average molecular weight is 363 g/mol. The summed E-state index contributed by atoms with van der Waals surface area (Å²) >= 11 is 0. The van der Waals surface area contributed by atoms with Gasteiger partial charge in [0.2, 0.25) is 0 Å². The molecule has 0 aliphatic carbocycles. The number of aromatic amines is 1. The lowest BCUT2D eigenvalue weighted by Crippen LogP contribution is -2.22. The standard InChI is InChI=1S/C19H20F3N3O/c1-10(2)15-16(19(20,21)22)24-25-17(15)23-12(4)14(18(25)26)9-13-7-5-11(3)6-8-13/h5-8,10,24H,9H2,1-4H3. The van der Waals surface area contributed by atoms with Gasteiger partial charge in [-0.25, -0.2) is 9.50 Å². The summed E-state index contributed by atoms with van der Waals surface area (Å²) < 4.78 is 41.1. The lowest BCUT2D eigenvalue weighted by molar-refractivity contribution is -0.142. The minimum atomic E-state index is -4.58. The van der Waals surface area contributed by atoms with Crippen molar-refractivity contribution in [1.82, 2.24) is 14.6 Å². The van der Waals surface area contributed by atoms with Gasteiger partial charge in [0.1, 0.15) is 5.69 Å². The van der Waals surface area contributed by atoms with Gasteiger partial charge in [-0.2, -0.15) is 13.2 Å². The fourth-order valence-corrected chi connectivity index (χ4v) is 3.11. The maximum Gasteiger partial charge on any atom is 0.433 e. The summed E-state index contributed by atoms with van der Waals surface area (Å²) in [5, 5.41) is 2.23. The fraction of sp³-hybridized carbons (Fsp3) is 0.368. The van der Waals surface area contributed by atoms with E-state index in [2.05, 4.69) is 10.1 Å². The zero-order chi connectivity index (χ0) is 19.2. The molecule has 0 spiro atoms. The Kier molecular flexibility index (Phi) is 4.42. The molecule has 0 amide bonds. The van der Waals surface area contributed by atoms with Gasteiger partial charge in [-0.1, -0.05) is 43.7 Å². The molecule has 0 bridgehead atoms. The molecule has 0 aliphatic rings. The van der Waals surface area contributed by atoms with Gasteiger partial charge in [0.25, 0.3) is 5.56 Å². The molecule has 0 atom stereocenters. The van der Waals surface area contributed by atoms with E-state index in [9.17, 15) is 18.0 Å². The van der Waals surface area contributed by atoms with Crippen molar-refractivity contribution in [2.24, 2.45) is 0 Å². The number of benzene rings is 1. The summed E-state index contributed by atoms with van der Waals surface area (Å²) in [6.07, 6.45) is -4.26. The zero-order valence-corrected chi connectivity index (χ0v) is 15.0. The molecule has 2 aromatic heterocycles. The van der Waals surface area contributed by atoms with Crippen LogP contribution in [0.5, 0.6) is 0 Å². The van der Waals surface area contributed by atoms with Crippen molar-refractivity contribution in [1.29, 1.82) is 0 Å². The predicted molar refractivity (Wildman–Crippen MR) is 93.6 cm³/mol. The third-order valence-corrected chi connectivity index (χ3v) is 4.48. The van der Waals surface area contributed by atoms with Crippen LogP contribution in [0.2, 0.25) is 0 Å². The summed E-state index contributed by atoms with van der Waals surface area (Å²) in [5.41, 5.74) is 1.49. The number of aryl methyl sites for hydroxylation is 2. The Morgan fingerprint density at radius 1 is 1.15 bits per heavy atom. The van der Waals surface area contributed by atoms with Gasteiger partial charge < -0.3 is 0 Å². The van der Waals surface area contributed by atoms with E-state index < -0.39 is 23.3 Å². The number of hydrogen-bond acceptors (Lipinski definition) is 2. The quantitative estimate of drug-likeness (QED) is 0.751. The van der Waals surface area contributed by atoms with Crippen LogP contribution in [0.3, 0.4) is 0 Å². The van der Waals surface area contributed by atoms with Gasteiger partial charge >= 0.3 is 6.18 Å². The summed E-state index contributed by atoms with van der Waals surface area (Å²) in [5.74, 6) is -0.429. The van der Waals surface area contributed by atoms with E-state index in [-0.39, 0.29) is 11.2 Å². The van der Waals surface area contributed by atoms with E-state index in [4.69, 9.17) is 0 Å². The summed E-state index contributed by atoms with van der Waals surface area (Å²) in [7, 11) is 0. The number of fused-ring (bicyclic) bond motifs is 1. The monoisotopic (exact) mass is 363 g/mol. The number of hydrogen-bond donors (Lipinski definition) is 1. The van der Waals surface area contributed by atoms with E-state index in [0.29, 0.717) is 17.7 Å². The minimum Gasteiger partial charge on any atom is -0.285 e. The molecule has 0 radical (unpaired) electrons. The van der Waals surface area contributed by atoms with Crippen LogP contribution in [0.25, 0.3) is 5.65 Å². The Hall–Kier alpha value is -2.57. The van der Waals surface area contributed by atoms with Gasteiger partial charge in [-0.3, -0.25) is 9.89 Å². The molecule has 4 nitrogen and oxygen atoms in total. The molecule has 1 aromatic carbocycles. The fourth-order valence-electron chi connectivity index (χ4n) is 3.11. The van der Waals surface area contributed by atoms with E-state index in [1.807, 2.05) is 31.2 Å². The summed E-state index contributed by atoms with van der Waals surface area (Å²) in [4.78, 5) is 17.2. The van der Waals surface area contributed by atoms with E-state index in [1.54, 1.807) is 20.8 Å². The Bertz CT molecular complexity index is 1010. The molecule has 0 saturated heterocycles. The topological polar surface area (TPSA) is 50.2 Å². The van der Waals surface area contributed by atoms with Crippen molar-refractivity contribution >= 4 is 5.65 Å². The second kappa shape index (κ2) is 6.30. The van der Waals surface area contributed by atoms with Gasteiger partial charge in [0.05, 0.1) is 0 Å². The van der Waals surface area contributed by atoms with Crippen LogP contribution in [-0.2, 0) is 12.6 Å². The Morgan fingerprint density at radius 2 is 1.77 bits per heavy atom. The van der Waals surface area contributed by atoms with Crippen LogP contribution in [0, 0.1) is 13.8 Å². The molecule has 1 N–H and O–H groups in total. The average Bonchev–Trinajstić information content (AvgIpc) is 2.93. The maximum absolute atomic E-state index is 13.4. The molecule has 3 rings (SSSR count). The Labute approximate surface area is 148 Å². The van der Waals surface area contributed by atoms with Gasteiger partial charge in [0.15, 0.2) is 5.65 Å². The molecule has 0 fully saturated rings. The first-order valence-corrected chi connectivity index (χ1v) is 8.36. The first kappa shape index (κ1) is 18.2. The number of nitrogens with one attached hydrogen (secondary N) is 1. The van der Waals surface area contributed by atoms with E-state index in [1.165, 1.54) is 0 Å². The molecule has 7 heteroatoms.